The molecule has 4 saturated carbocycles. The Morgan fingerprint density at radius 1 is 0.864 bits per heavy atom. The Morgan fingerprint density at radius 2 is 1.45 bits per heavy atom. The van der Waals surface area contributed by atoms with Gasteiger partial charge in [0.2, 0.25) is 0 Å². The summed E-state index contributed by atoms with van der Waals surface area (Å²) in [4.78, 5) is 0. The molecule has 2 N–H and O–H groups in total. The molecule has 0 radical (unpaired) electrons. The topological polar surface area (TPSA) is 40.5 Å². The molecule has 4 aliphatic rings. The van der Waals surface area contributed by atoms with Crippen LogP contribution in [-0.4, -0.2) is 22.4 Å². The van der Waals surface area contributed by atoms with Crippen LogP contribution < -0.4 is 0 Å². The standard InChI is InChI=1S/C20H34O2/c1-11(2)12-6-7-19(4)14(21)9-18(3)10-15(22)20(5)8-13(20)17(18)16(12)19/h11-17,21-22H,6-10H2,1-5H3. The molecule has 2 nitrogen and oxygen atoms in total. The fourth-order valence-electron chi connectivity index (χ4n) is 7.34. The van der Waals surface area contributed by atoms with Crippen LogP contribution in [0, 0.1) is 45.8 Å². The maximum absolute atomic E-state index is 11.0. The van der Waals surface area contributed by atoms with Gasteiger partial charge < -0.3 is 10.2 Å². The average molecular weight is 306 g/mol. The van der Waals surface area contributed by atoms with Crippen molar-refractivity contribution in [2.75, 3.05) is 0 Å². The summed E-state index contributed by atoms with van der Waals surface area (Å²) in [6.45, 7) is 11.8. The number of aliphatic hydroxyl groups is 2. The summed E-state index contributed by atoms with van der Waals surface area (Å²) in [6, 6.07) is 0. The Balaban J connectivity index is 1.78. The molecular formula is C20H34O2. The van der Waals surface area contributed by atoms with Crippen molar-refractivity contribution in [3.63, 3.8) is 0 Å². The quantitative estimate of drug-likeness (QED) is 0.772. The van der Waals surface area contributed by atoms with E-state index in [9.17, 15) is 10.2 Å². The lowest BCUT2D eigenvalue weighted by Crippen LogP contribution is -2.58. The van der Waals surface area contributed by atoms with Gasteiger partial charge >= 0.3 is 0 Å². The number of hydrogen-bond donors (Lipinski definition) is 2. The predicted octanol–water partition coefficient (Wildman–Crippen LogP) is 3.85. The summed E-state index contributed by atoms with van der Waals surface area (Å²) in [6.07, 6.45) is 5.15. The van der Waals surface area contributed by atoms with Crippen molar-refractivity contribution < 1.29 is 10.2 Å². The van der Waals surface area contributed by atoms with Gasteiger partial charge in [0.1, 0.15) is 0 Å². The minimum atomic E-state index is -0.183. The lowest BCUT2D eigenvalue weighted by Gasteiger charge is -2.60. The molecule has 4 aliphatic carbocycles. The summed E-state index contributed by atoms with van der Waals surface area (Å²) < 4.78 is 0. The molecule has 2 heteroatoms. The van der Waals surface area contributed by atoms with E-state index >= 15 is 0 Å². The van der Waals surface area contributed by atoms with Gasteiger partial charge in [-0.2, -0.15) is 0 Å². The fraction of sp³-hybridized carbons (Fsp3) is 1.00. The summed E-state index contributed by atoms with van der Waals surface area (Å²) in [5, 5.41) is 21.7. The SMILES string of the molecule is CC(C)C1CCC2(C)C(O)CC3(C)CC(O)C4(C)CC4C3C12. The zero-order valence-corrected chi connectivity index (χ0v) is 15.0. The van der Waals surface area contributed by atoms with Crippen LogP contribution in [0.25, 0.3) is 0 Å². The van der Waals surface area contributed by atoms with E-state index in [0.717, 1.165) is 18.8 Å². The van der Waals surface area contributed by atoms with Crippen molar-refractivity contribution >= 4 is 0 Å². The number of rotatable bonds is 1. The molecule has 126 valence electrons. The van der Waals surface area contributed by atoms with Crippen molar-refractivity contribution in [1.29, 1.82) is 0 Å². The van der Waals surface area contributed by atoms with Gasteiger partial charge in [0.05, 0.1) is 12.2 Å². The highest BCUT2D eigenvalue weighted by Gasteiger charge is 2.72. The summed E-state index contributed by atoms with van der Waals surface area (Å²) >= 11 is 0. The van der Waals surface area contributed by atoms with Gasteiger partial charge in [-0.3, -0.25) is 0 Å². The number of aliphatic hydroxyl groups excluding tert-OH is 2. The van der Waals surface area contributed by atoms with E-state index in [-0.39, 0.29) is 28.5 Å². The zero-order chi connectivity index (χ0) is 16.1. The molecule has 0 aromatic heterocycles. The fourth-order valence-corrected chi connectivity index (χ4v) is 7.34. The maximum atomic E-state index is 11.0. The highest BCUT2D eigenvalue weighted by Crippen LogP contribution is 2.76. The van der Waals surface area contributed by atoms with Crippen molar-refractivity contribution in [2.24, 2.45) is 45.8 Å². The summed E-state index contributed by atoms with van der Waals surface area (Å²) in [5.74, 6) is 3.52. The Labute approximate surface area is 135 Å². The second kappa shape index (κ2) is 4.30. The van der Waals surface area contributed by atoms with E-state index in [2.05, 4.69) is 34.6 Å². The van der Waals surface area contributed by atoms with Crippen LogP contribution in [0.2, 0.25) is 0 Å². The van der Waals surface area contributed by atoms with Gasteiger partial charge in [0.25, 0.3) is 0 Å². The van der Waals surface area contributed by atoms with Crippen LogP contribution >= 0.6 is 0 Å². The van der Waals surface area contributed by atoms with Crippen molar-refractivity contribution in [2.45, 2.75) is 78.9 Å². The molecule has 0 aromatic rings. The number of hydrogen-bond acceptors (Lipinski definition) is 2. The Bertz CT molecular complexity index is 488. The monoisotopic (exact) mass is 306 g/mol. The first-order chi connectivity index (χ1) is 10.1. The molecule has 9 unspecified atom stereocenters. The molecule has 0 saturated heterocycles. The maximum Gasteiger partial charge on any atom is 0.0602 e. The molecule has 0 aliphatic heterocycles. The lowest BCUT2D eigenvalue weighted by atomic mass is 9.46. The van der Waals surface area contributed by atoms with Crippen LogP contribution in [0.3, 0.4) is 0 Å². The molecule has 4 rings (SSSR count). The first kappa shape index (κ1) is 15.4. The second-order valence-corrected chi connectivity index (χ2v) is 10.4. The van der Waals surface area contributed by atoms with Gasteiger partial charge in [0, 0.05) is 0 Å². The average Bonchev–Trinajstić information content (AvgIpc) is 2.95. The molecule has 0 bridgehead atoms. The Kier molecular flexibility index (Phi) is 3.02. The molecule has 0 spiro atoms. The molecule has 0 heterocycles. The third-order valence-electron chi connectivity index (χ3n) is 8.91. The molecule has 22 heavy (non-hydrogen) atoms. The minimum Gasteiger partial charge on any atom is -0.393 e. The van der Waals surface area contributed by atoms with Gasteiger partial charge in [-0.1, -0.05) is 34.6 Å². The van der Waals surface area contributed by atoms with E-state index in [1.54, 1.807) is 0 Å². The van der Waals surface area contributed by atoms with Gasteiger partial charge in [-0.15, -0.1) is 0 Å². The largest absolute Gasteiger partial charge is 0.393 e. The van der Waals surface area contributed by atoms with E-state index in [4.69, 9.17) is 0 Å². The highest BCUT2D eigenvalue weighted by molar-refractivity contribution is 5.21. The second-order valence-electron chi connectivity index (χ2n) is 10.4. The molecule has 0 aromatic carbocycles. The normalized spacial score (nSPS) is 63.3. The highest BCUT2D eigenvalue weighted by atomic mass is 16.3. The summed E-state index contributed by atoms with van der Waals surface area (Å²) in [7, 11) is 0. The van der Waals surface area contributed by atoms with Crippen LogP contribution in [0.15, 0.2) is 0 Å². The molecular weight excluding hydrogens is 272 g/mol. The zero-order valence-electron chi connectivity index (χ0n) is 15.0. The van der Waals surface area contributed by atoms with Crippen molar-refractivity contribution in [1.82, 2.24) is 0 Å². The molecule has 9 atom stereocenters. The predicted molar refractivity (Wildman–Crippen MR) is 88.2 cm³/mol. The van der Waals surface area contributed by atoms with Crippen LogP contribution in [-0.2, 0) is 0 Å². The van der Waals surface area contributed by atoms with E-state index in [1.165, 1.54) is 19.3 Å². The molecule has 4 fully saturated rings. The summed E-state index contributed by atoms with van der Waals surface area (Å²) in [5.41, 5.74) is 0.434. The third kappa shape index (κ3) is 1.69. The van der Waals surface area contributed by atoms with Crippen LogP contribution in [0.4, 0.5) is 0 Å². The van der Waals surface area contributed by atoms with E-state index < -0.39 is 0 Å². The van der Waals surface area contributed by atoms with Crippen LogP contribution in [0.5, 0.6) is 0 Å². The minimum absolute atomic E-state index is 0.116. The van der Waals surface area contributed by atoms with Crippen molar-refractivity contribution in [3.8, 4) is 0 Å². The lowest BCUT2D eigenvalue weighted by molar-refractivity contribution is -0.170. The Hall–Kier alpha value is -0.0800. The Morgan fingerprint density at radius 3 is 2.05 bits per heavy atom. The molecule has 0 amide bonds. The van der Waals surface area contributed by atoms with Gasteiger partial charge in [-0.25, -0.2) is 0 Å². The third-order valence-corrected chi connectivity index (χ3v) is 8.91. The van der Waals surface area contributed by atoms with E-state index in [1.807, 2.05) is 0 Å². The first-order valence-corrected chi connectivity index (χ1v) is 9.50. The van der Waals surface area contributed by atoms with Crippen LogP contribution in [0.1, 0.15) is 66.7 Å². The van der Waals surface area contributed by atoms with Gasteiger partial charge in [-0.05, 0) is 77.9 Å². The number of fused-ring (bicyclic) bond motifs is 5. The first-order valence-electron chi connectivity index (χ1n) is 9.50. The van der Waals surface area contributed by atoms with Crippen molar-refractivity contribution in [3.05, 3.63) is 0 Å². The van der Waals surface area contributed by atoms with Gasteiger partial charge in [0.15, 0.2) is 0 Å². The van der Waals surface area contributed by atoms with E-state index in [0.29, 0.717) is 23.7 Å². The smallest absolute Gasteiger partial charge is 0.0602 e.